The first-order chi connectivity index (χ1) is 10.5. The topological polar surface area (TPSA) is 32.3 Å². The quantitative estimate of drug-likeness (QED) is 0.840. The predicted octanol–water partition coefficient (Wildman–Crippen LogP) is 4.18. The molecular weight excluding hydrogens is 292 g/mol. The Hall–Kier alpha value is -1.94. The molecule has 0 saturated carbocycles. The number of anilines is 2. The molecule has 0 spiro atoms. The molecule has 0 saturated heterocycles. The van der Waals surface area contributed by atoms with Crippen LogP contribution < -0.4 is 10.2 Å². The summed E-state index contributed by atoms with van der Waals surface area (Å²) in [4.78, 5) is 15.4. The number of hydrogen-bond donors (Lipinski definition) is 1. The molecule has 0 radical (unpaired) electrons. The number of hydrogen-bond acceptors (Lipinski definition) is 3. The van der Waals surface area contributed by atoms with Crippen molar-refractivity contribution in [2.45, 2.75) is 24.0 Å². The molecule has 0 bridgehead atoms. The fraction of sp³-hybridized carbons (Fsp3) is 0.278. The second kappa shape index (κ2) is 7.36. The highest BCUT2D eigenvalue weighted by molar-refractivity contribution is 8.00. The van der Waals surface area contributed by atoms with E-state index in [9.17, 15) is 4.79 Å². The van der Waals surface area contributed by atoms with Gasteiger partial charge in [0, 0.05) is 30.4 Å². The van der Waals surface area contributed by atoms with E-state index < -0.39 is 0 Å². The molecule has 0 aliphatic heterocycles. The van der Waals surface area contributed by atoms with Crippen molar-refractivity contribution in [1.82, 2.24) is 0 Å². The molecule has 0 aromatic heterocycles. The van der Waals surface area contributed by atoms with Gasteiger partial charge in [0.25, 0.3) is 0 Å². The Balaban J connectivity index is 1.94. The molecule has 3 nitrogen and oxygen atoms in total. The van der Waals surface area contributed by atoms with Crippen molar-refractivity contribution in [2.24, 2.45) is 0 Å². The smallest absolute Gasteiger partial charge is 0.237 e. The van der Waals surface area contributed by atoms with E-state index in [-0.39, 0.29) is 11.2 Å². The third-order valence-corrected chi connectivity index (χ3v) is 4.47. The van der Waals surface area contributed by atoms with E-state index in [0.717, 1.165) is 16.3 Å². The Morgan fingerprint density at radius 3 is 2.18 bits per heavy atom. The van der Waals surface area contributed by atoms with Crippen molar-refractivity contribution in [3.8, 4) is 0 Å². The summed E-state index contributed by atoms with van der Waals surface area (Å²) in [6, 6.07) is 16.1. The highest BCUT2D eigenvalue weighted by atomic mass is 32.2. The van der Waals surface area contributed by atoms with E-state index >= 15 is 0 Å². The Bertz CT molecular complexity index is 621. The summed E-state index contributed by atoms with van der Waals surface area (Å²) in [5.74, 6) is 0.0168. The average molecular weight is 314 g/mol. The van der Waals surface area contributed by atoms with E-state index in [1.165, 1.54) is 5.56 Å². The average Bonchev–Trinajstić information content (AvgIpc) is 2.50. The third kappa shape index (κ3) is 4.53. The number of thioether (sulfide) groups is 1. The number of carbonyl (C=O) groups excluding carboxylic acids is 1. The Kier molecular flexibility index (Phi) is 5.50. The molecular formula is C18H22N2OS. The number of aryl methyl sites for hydroxylation is 1. The molecule has 2 aromatic rings. The van der Waals surface area contributed by atoms with Crippen LogP contribution in [0.25, 0.3) is 0 Å². The number of benzene rings is 2. The van der Waals surface area contributed by atoms with Crippen LogP contribution in [0, 0.1) is 6.92 Å². The van der Waals surface area contributed by atoms with Crippen molar-refractivity contribution in [3.05, 3.63) is 54.1 Å². The van der Waals surface area contributed by atoms with Crippen LogP contribution in [0.2, 0.25) is 0 Å². The zero-order valence-electron chi connectivity index (χ0n) is 13.5. The summed E-state index contributed by atoms with van der Waals surface area (Å²) in [5, 5.41) is 2.82. The molecule has 116 valence electrons. The van der Waals surface area contributed by atoms with Gasteiger partial charge in [-0.15, -0.1) is 11.8 Å². The fourth-order valence-corrected chi connectivity index (χ4v) is 2.83. The van der Waals surface area contributed by atoms with E-state index in [0.29, 0.717) is 0 Å². The molecule has 4 heteroatoms. The lowest BCUT2D eigenvalue weighted by Gasteiger charge is -2.15. The van der Waals surface area contributed by atoms with Crippen molar-refractivity contribution in [3.63, 3.8) is 0 Å². The van der Waals surface area contributed by atoms with Gasteiger partial charge in [-0.05, 0) is 50.2 Å². The first kappa shape index (κ1) is 16.4. The van der Waals surface area contributed by atoms with E-state index in [4.69, 9.17) is 0 Å². The largest absolute Gasteiger partial charge is 0.378 e. The Morgan fingerprint density at radius 2 is 1.64 bits per heavy atom. The first-order valence-corrected chi connectivity index (χ1v) is 8.15. The lowest BCUT2D eigenvalue weighted by molar-refractivity contribution is -0.115. The van der Waals surface area contributed by atoms with Gasteiger partial charge in [0.1, 0.15) is 0 Å². The van der Waals surface area contributed by atoms with Gasteiger partial charge in [0.15, 0.2) is 0 Å². The summed E-state index contributed by atoms with van der Waals surface area (Å²) in [6.07, 6.45) is 0. The van der Waals surface area contributed by atoms with Gasteiger partial charge < -0.3 is 10.2 Å². The molecule has 0 aliphatic rings. The van der Waals surface area contributed by atoms with Crippen molar-refractivity contribution in [2.75, 3.05) is 24.3 Å². The lowest BCUT2D eigenvalue weighted by Crippen LogP contribution is -2.22. The maximum atomic E-state index is 12.3. The Morgan fingerprint density at radius 1 is 1.05 bits per heavy atom. The molecule has 0 fully saturated rings. The molecule has 0 heterocycles. The summed E-state index contributed by atoms with van der Waals surface area (Å²) >= 11 is 1.57. The summed E-state index contributed by atoms with van der Waals surface area (Å²) in [6.45, 7) is 3.98. The minimum atomic E-state index is -0.142. The number of rotatable bonds is 5. The third-order valence-electron chi connectivity index (χ3n) is 3.35. The SMILES string of the molecule is Cc1ccc(S[C@H](C)C(=O)Nc2ccc(N(C)C)cc2)cc1. The van der Waals surface area contributed by atoms with Crippen LogP contribution in [0.4, 0.5) is 11.4 Å². The van der Waals surface area contributed by atoms with Gasteiger partial charge in [0.05, 0.1) is 5.25 Å². The zero-order valence-corrected chi connectivity index (χ0v) is 14.3. The minimum absolute atomic E-state index is 0.0168. The second-order valence-corrected chi connectivity index (χ2v) is 6.92. The monoisotopic (exact) mass is 314 g/mol. The second-order valence-electron chi connectivity index (χ2n) is 5.50. The standard InChI is InChI=1S/C18H22N2OS/c1-13-5-11-17(12-6-13)22-14(2)18(21)19-15-7-9-16(10-8-15)20(3)4/h5-12,14H,1-4H3,(H,19,21)/t14-/m1/s1. The van der Waals surface area contributed by atoms with Gasteiger partial charge in [-0.3, -0.25) is 4.79 Å². The number of amides is 1. The van der Waals surface area contributed by atoms with Gasteiger partial charge >= 0.3 is 0 Å². The maximum absolute atomic E-state index is 12.3. The van der Waals surface area contributed by atoms with Gasteiger partial charge in [-0.25, -0.2) is 0 Å². The molecule has 0 unspecified atom stereocenters. The van der Waals surface area contributed by atoms with Gasteiger partial charge in [-0.1, -0.05) is 17.7 Å². The first-order valence-electron chi connectivity index (χ1n) is 7.27. The molecule has 2 rings (SSSR count). The van der Waals surface area contributed by atoms with E-state index in [2.05, 4.69) is 36.5 Å². The van der Waals surface area contributed by atoms with E-state index in [1.807, 2.05) is 50.2 Å². The summed E-state index contributed by atoms with van der Waals surface area (Å²) < 4.78 is 0. The summed E-state index contributed by atoms with van der Waals surface area (Å²) in [5.41, 5.74) is 3.16. The Labute approximate surface area is 136 Å². The van der Waals surface area contributed by atoms with Crippen LogP contribution >= 0.6 is 11.8 Å². The molecule has 0 aliphatic carbocycles. The normalized spacial score (nSPS) is 11.8. The van der Waals surface area contributed by atoms with Crippen LogP contribution in [-0.2, 0) is 4.79 Å². The van der Waals surface area contributed by atoms with Crippen molar-refractivity contribution in [1.29, 1.82) is 0 Å². The molecule has 2 aromatic carbocycles. The van der Waals surface area contributed by atoms with Crippen molar-refractivity contribution < 1.29 is 4.79 Å². The van der Waals surface area contributed by atoms with Crippen LogP contribution in [0.5, 0.6) is 0 Å². The molecule has 1 atom stereocenters. The molecule has 22 heavy (non-hydrogen) atoms. The highest BCUT2D eigenvalue weighted by Gasteiger charge is 2.14. The number of nitrogens with one attached hydrogen (secondary N) is 1. The van der Waals surface area contributed by atoms with Crippen LogP contribution in [-0.4, -0.2) is 25.3 Å². The lowest BCUT2D eigenvalue weighted by atomic mass is 10.2. The maximum Gasteiger partial charge on any atom is 0.237 e. The summed E-state index contributed by atoms with van der Waals surface area (Å²) in [7, 11) is 3.99. The van der Waals surface area contributed by atoms with Crippen molar-refractivity contribution >= 4 is 29.0 Å². The van der Waals surface area contributed by atoms with Crippen LogP contribution in [0.15, 0.2) is 53.4 Å². The van der Waals surface area contributed by atoms with Crippen LogP contribution in [0.1, 0.15) is 12.5 Å². The fourth-order valence-electron chi connectivity index (χ4n) is 1.96. The zero-order chi connectivity index (χ0) is 16.1. The predicted molar refractivity (Wildman–Crippen MR) is 95.9 cm³/mol. The molecule has 1 N–H and O–H groups in total. The van der Waals surface area contributed by atoms with Gasteiger partial charge in [-0.2, -0.15) is 0 Å². The number of carbonyl (C=O) groups is 1. The molecule has 1 amide bonds. The van der Waals surface area contributed by atoms with Gasteiger partial charge in [0.2, 0.25) is 5.91 Å². The van der Waals surface area contributed by atoms with Crippen LogP contribution in [0.3, 0.4) is 0 Å². The van der Waals surface area contributed by atoms with E-state index in [1.54, 1.807) is 11.8 Å². The highest BCUT2D eigenvalue weighted by Crippen LogP contribution is 2.24. The minimum Gasteiger partial charge on any atom is -0.378 e. The number of nitrogens with zero attached hydrogens (tertiary/aromatic N) is 1.